The van der Waals surface area contributed by atoms with Gasteiger partial charge in [0.15, 0.2) is 0 Å². The molecule has 2 saturated heterocycles. The third kappa shape index (κ3) is 2.89. The van der Waals surface area contributed by atoms with E-state index in [1.807, 2.05) is 18.2 Å². The maximum atomic E-state index is 13.5. The Morgan fingerprint density at radius 2 is 1.61 bits per heavy atom. The number of carbonyl (C=O) groups excluding carboxylic acids is 2. The van der Waals surface area contributed by atoms with E-state index in [9.17, 15) is 9.59 Å². The molecule has 5 rings (SSSR count). The highest BCUT2D eigenvalue weighted by molar-refractivity contribution is 5.94. The second-order valence-corrected chi connectivity index (χ2v) is 8.42. The molecular weight excluding hydrogens is 350 g/mol. The van der Waals surface area contributed by atoms with Crippen LogP contribution in [0.1, 0.15) is 54.4 Å². The molecule has 2 bridgehead atoms. The minimum atomic E-state index is -0.296. The second kappa shape index (κ2) is 6.73. The average molecular weight is 375 g/mol. The van der Waals surface area contributed by atoms with Gasteiger partial charge in [0, 0.05) is 36.1 Å². The number of pyridine rings is 1. The molecule has 0 spiro atoms. The molecule has 1 aromatic heterocycles. The monoisotopic (exact) mass is 375 g/mol. The van der Waals surface area contributed by atoms with Crippen LogP contribution in [0, 0.1) is 0 Å². The van der Waals surface area contributed by atoms with Gasteiger partial charge in [-0.15, -0.1) is 0 Å². The lowest BCUT2D eigenvalue weighted by Crippen LogP contribution is -2.54. The summed E-state index contributed by atoms with van der Waals surface area (Å²) in [7, 11) is 0. The Hall–Kier alpha value is -2.69. The number of nitrogens with zero attached hydrogens (tertiary/aromatic N) is 2. The minimum Gasteiger partial charge on any atom is -0.349 e. The third-order valence-electron chi connectivity index (χ3n) is 6.73. The maximum absolute atomic E-state index is 13.5. The van der Waals surface area contributed by atoms with Crippen LogP contribution in [-0.4, -0.2) is 39.8 Å². The Balaban J connectivity index is 1.29. The summed E-state index contributed by atoms with van der Waals surface area (Å²) in [6.07, 6.45) is 8.97. The summed E-state index contributed by atoms with van der Waals surface area (Å²) in [6.45, 7) is 0. The van der Waals surface area contributed by atoms with Crippen LogP contribution in [0.2, 0.25) is 0 Å². The van der Waals surface area contributed by atoms with Crippen LogP contribution in [0.25, 0.3) is 0 Å². The zero-order valence-corrected chi connectivity index (χ0v) is 15.9. The van der Waals surface area contributed by atoms with Gasteiger partial charge in [-0.3, -0.25) is 14.6 Å². The molecule has 2 aliphatic heterocycles. The molecule has 5 heteroatoms. The largest absolute Gasteiger partial charge is 0.349 e. The van der Waals surface area contributed by atoms with Gasteiger partial charge in [0.05, 0.1) is 5.41 Å². The Labute approximate surface area is 165 Å². The van der Waals surface area contributed by atoms with Crippen LogP contribution in [0.3, 0.4) is 0 Å². The molecule has 5 nitrogen and oxygen atoms in total. The van der Waals surface area contributed by atoms with Crippen molar-refractivity contribution in [3.8, 4) is 0 Å². The molecule has 2 aromatic rings. The maximum Gasteiger partial charge on any atom is 0.251 e. The first kappa shape index (κ1) is 17.4. The van der Waals surface area contributed by atoms with Crippen molar-refractivity contribution in [2.45, 2.75) is 62.1 Å². The first-order chi connectivity index (χ1) is 13.7. The number of piperidine rings is 1. The molecule has 28 heavy (non-hydrogen) atoms. The molecule has 3 heterocycles. The fraction of sp³-hybridized carbons (Fsp3) is 0.435. The number of hydrogen-bond acceptors (Lipinski definition) is 3. The highest BCUT2D eigenvalue weighted by Crippen LogP contribution is 2.52. The first-order valence-corrected chi connectivity index (χ1v) is 10.3. The van der Waals surface area contributed by atoms with Crippen molar-refractivity contribution in [3.63, 3.8) is 0 Å². The third-order valence-corrected chi connectivity index (χ3v) is 6.73. The molecule has 2 unspecified atom stereocenters. The lowest BCUT2D eigenvalue weighted by atomic mass is 9.90. The van der Waals surface area contributed by atoms with Crippen molar-refractivity contribution in [3.05, 3.63) is 66.0 Å². The molecule has 2 atom stereocenters. The lowest BCUT2D eigenvalue weighted by molar-refractivity contribution is -0.138. The number of carbonyl (C=O) groups is 2. The first-order valence-electron chi connectivity index (χ1n) is 10.3. The van der Waals surface area contributed by atoms with Gasteiger partial charge in [0.1, 0.15) is 0 Å². The molecule has 1 aromatic carbocycles. The van der Waals surface area contributed by atoms with E-state index in [1.54, 1.807) is 24.5 Å². The molecule has 0 radical (unpaired) electrons. The Morgan fingerprint density at radius 3 is 2.21 bits per heavy atom. The Morgan fingerprint density at radius 1 is 0.964 bits per heavy atom. The summed E-state index contributed by atoms with van der Waals surface area (Å²) in [5.41, 5.74) is 1.50. The summed E-state index contributed by atoms with van der Waals surface area (Å²) in [6, 6.07) is 14.3. The van der Waals surface area contributed by atoms with Gasteiger partial charge in [0.25, 0.3) is 5.91 Å². The van der Waals surface area contributed by atoms with E-state index in [2.05, 4.69) is 27.3 Å². The lowest BCUT2D eigenvalue weighted by Gasteiger charge is -2.41. The summed E-state index contributed by atoms with van der Waals surface area (Å²) in [4.78, 5) is 32.2. The van der Waals surface area contributed by atoms with E-state index < -0.39 is 0 Å². The molecule has 1 saturated carbocycles. The van der Waals surface area contributed by atoms with Gasteiger partial charge >= 0.3 is 0 Å². The van der Waals surface area contributed by atoms with Crippen molar-refractivity contribution < 1.29 is 9.59 Å². The SMILES string of the molecule is O=C(NC1CC2CCC(C1)N2C(=O)C1(c2ccccc2)CC1)c1ccncc1. The number of rotatable bonds is 4. The fourth-order valence-electron chi connectivity index (χ4n) is 5.15. The number of benzene rings is 1. The van der Waals surface area contributed by atoms with Crippen molar-refractivity contribution in [2.75, 3.05) is 0 Å². The quantitative estimate of drug-likeness (QED) is 0.893. The normalized spacial score (nSPS) is 27.3. The van der Waals surface area contributed by atoms with Gasteiger partial charge in [-0.1, -0.05) is 30.3 Å². The van der Waals surface area contributed by atoms with E-state index >= 15 is 0 Å². The van der Waals surface area contributed by atoms with Crippen LogP contribution in [0.4, 0.5) is 0 Å². The van der Waals surface area contributed by atoms with E-state index in [0.29, 0.717) is 11.5 Å². The van der Waals surface area contributed by atoms with E-state index in [-0.39, 0.29) is 29.4 Å². The minimum absolute atomic E-state index is 0.0467. The van der Waals surface area contributed by atoms with Gasteiger partial charge in [-0.2, -0.15) is 0 Å². The van der Waals surface area contributed by atoms with Crippen LogP contribution in [0.15, 0.2) is 54.9 Å². The van der Waals surface area contributed by atoms with Gasteiger partial charge in [-0.25, -0.2) is 0 Å². The molecule has 3 fully saturated rings. The highest BCUT2D eigenvalue weighted by atomic mass is 16.2. The van der Waals surface area contributed by atoms with Gasteiger partial charge < -0.3 is 10.2 Å². The summed E-state index contributed by atoms with van der Waals surface area (Å²) in [5, 5.41) is 3.18. The van der Waals surface area contributed by atoms with Crippen molar-refractivity contribution in [1.82, 2.24) is 15.2 Å². The average Bonchev–Trinajstić information content (AvgIpc) is 3.50. The molecule has 1 N–H and O–H groups in total. The topological polar surface area (TPSA) is 62.3 Å². The predicted octanol–water partition coefficient (Wildman–Crippen LogP) is 3.07. The smallest absolute Gasteiger partial charge is 0.251 e. The predicted molar refractivity (Wildman–Crippen MR) is 106 cm³/mol. The number of amides is 2. The zero-order valence-electron chi connectivity index (χ0n) is 15.9. The van der Waals surface area contributed by atoms with Crippen LogP contribution < -0.4 is 5.32 Å². The molecule has 1 aliphatic carbocycles. The van der Waals surface area contributed by atoms with Crippen molar-refractivity contribution in [1.29, 1.82) is 0 Å². The number of fused-ring (bicyclic) bond motifs is 2. The van der Waals surface area contributed by atoms with E-state index in [0.717, 1.165) is 44.1 Å². The van der Waals surface area contributed by atoms with Gasteiger partial charge in [0.2, 0.25) is 5.91 Å². The molecule has 144 valence electrons. The fourth-order valence-corrected chi connectivity index (χ4v) is 5.15. The van der Waals surface area contributed by atoms with E-state index in [4.69, 9.17) is 0 Å². The zero-order chi connectivity index (χ0) is 19.1. The summed E-state index contributed by atoms with van der Waals surface area (Å²) >= 11 is 0. The standard InChI is InChI=1S/C23H25N3O2/c27-21(16-8-12-24-13-9-16)25-18-14-19-6-7-20(15-18)26(19)22(28)23(10-11-23)17-4-2-1-3-5-17/h1-5,8-9,12-13,18-20H,6-7,10-11,14-15H2,(H,25,27). The molecular formula is C23H25N3O2. The number of aromatic nitrogens is 1. The van der Waals surface area contributed by atoms with Crippen LogP contribution in [0.5, 0.6) is 0 Å². The number of nitrogens with one attached hydrogen (secondary N) is 1. The van der Waals surface area contributed by atoms with Crippen LogP contribution in [-0.2, 0) is 10.2 Å². The highest BCUT2D eigenvalue weighted by Gasteiger charge is 2.57. The van der Waals surface area contributed by atoms with E-state index in [1.165, 1.54) is 0 Å². The Kier molecular flexibility index (Phi) is 4.18. The van der Waals surface area contributed by atoms with Crippen molar-refractivity contribution in [2.24, 2.45) is 0 Å². The number of hydrogen-bond donors (Lipinski definition) is 1. The Bertz CT molecular complexity index is 865. The summed E-state index contributed by atoms with van der Waals surface area (Å²) in [5.74, 6) is 0.264. The van der Waals surface area contributed by atoms with Crippen molar-refractivity contribution >= 4 is 11.8 Å². The van der Waals surface area contributed by atoms with Crippen LogP contribution >= 0.6 is 0 Å². The molecule has 2 amide bonds. The molecule has 3 aliphatic rings. The summed E-state index contributed by atoms with van der Waals surface area (Å²) < 4.78 is 0. The second-order valence-electron chi connectivity index (χ2n) is 8.42. The van der Waals surface area contributed by atoms with Gasteiger partial charge in [-0.05, 0) is 56.2 Å².